The molecular weight excluding hydrogens is 258 g/mol. The first-order valence-electron chi connectivity index (χ1n) is 6.54. The van der Waals surface area contributed by atoms with Gasteiger partial charge in [0.15, 0.2) is 17.3 Å². The highest BCUT2D eigenvalue weighted by molar-refractivity contribution is 6.51. The van der Waals surface area contributed by atoms with E-state index >= 15 is 0 Å². The van der Waals surface area contributed by atoms with Gasteiger partial charge in [0.2, 0.25) is 0 Å². The molecule has 0 unspecified atom stereocenters. The van der Waals surface area contributed by atoms with E-state index < -0.39 is 0 Å². The van der Waals surface area contributed by atoms with Gasteiger partial charge in [0.1, 0.15) is 0 Å². The first-order valence-corrected chi connectivity index (χ1v) is 6.54. The predicted octanol–water partition coefficient (Wildman–Crippen LogP) is 0.647. The number of fused-ring (bicyclic) bond motifs is 1. The summed E-state index contributed by atoms with van der Waals surface area (Å²) in [6.07, 6.45) is 4.79. The molecule has 0 radical (unpaired) electrons. The monoisotopic (exact) mass is 273 g/mol. The van der Waals surface area contributed by atoms with Gasteiger partial charge in [-0.25, -0.2) is 9.67 Å². The van der Waals surface area contributed by atoms with Crippen molar-refractivity contribution in [2.75, 3.05) is 5.73 Å². The van der Waals surface area contributed by atoms with Gasteiger partial charge in [0, 0.05) is 13.1 Å². The third kappa shape index (κ3) is 1.91. The number of nitrogens with two attached hydrogens (primary N) is 1. The summed E-state index contributed by atoms with van der Waals surface area (Å²) in [7, 11) is 0. The molecule has 0 amide bonds. The van der Waals surface area contributed by atoms with Crippen molar-refractivity contribution in [3.63, 3.8) is 0 Å². The van der Waals surface area contributed by atoms with Gasteiger partial charge >= 0.3 is 0 Å². The number of nitrogens with zero attached hydrogens (tertiary/aromatic N) is 3. The standard InChI is InChI=1S/C13H15N5O2/c14-9-7-8(19)3-4-10(9)16-11-12(15)17-5-1-2-6-18(17)13(11)20/h3-4,14H,1-2,5-7,15H2. The van der Waals surface area contributed by atoms with Gasteiger partial charge in [0.25, 0.3) is 5.56 Å². The second-order valence-corrected chi connectivity index (χ2v) is 4.94. The number of ketones is 1. The van der Waals surface area contributed by atoms with Crippen LogP contribution in [0.3, 0.4) is 0 Å². The predicted molar refractivity (Wildman–Crippen MR) is 75.9 cm³/mol. The van der Waals surface area contributed by atoms with Crippen molar-refractivity contribution in [1.82, 2.24) is 9.36 Å². The normalized spacial score (nSPS) is 20.5. The number of nitrogen functional groups attached to an aromatic ring is 1. The van der Waals surface area contributed by atoms with Gasteiger partial charge in [-0.1, -0.05) is 0 Å². The molecular formula is C13H15N5O2. The molecule has 20 heavy (non-hydrogen) atoms. The van der Waals surface area contributed by atoms with Crippen LogP contribution >= 0.6 is 0 Å². The number of aliphatic imine (C=N–C) groups is 1. The summed E-state index contributed by atoms with van der Waals surface area (Å²) < 4.78 is 3.34. The number of hydrogen-bond donors (Lipinski definition) is 2. The number of carbonyl (C=O) groups is 1. The van der Waals surface area contributed by atoms with E-state index in [1.54, 1.807) is 9.36 Å². The van der Waals surface area contributed by atoms with Gasteiger partial charge in [-0.05, 0) is 25.0 Å². The van der Waals surface area contributed by atoms with Crippen LogP contribution in [0.2, 0.25) is 0 Å². The van der Waals surface area contributed by atoms with Crippen LogP contribution in [0, 0.1) is 5.41 Å². The average Bonchev–Trinajstić information content (AvgIpc) is 2.67. The van der Waals surface area contributed by atoms with Crippen LogP contribution in [0.4, 0.5) is 11.5 Å². The van der Waals surface area contributed by atoms with Crippen molar-refractivity contribution < 1.29 is 4.79 Å². The van der Waals surface area contributed by atoms with E-state index in [9.17, 15) is 9.59 Å². The van der Waals surface area contributed by atoms with E-state index in [0.717, 1.165) is 12.8 Å². The lowest BCUT2D eigenvalue weighted by molar-refractivity contribution is -0.113. The van der Waals surface area contributed by atoms with E-state index in [1.165, 1.54) is 12.2 Å². The number of nitrogens with one attached hydrogen (secondary N) is 1. The molecule has 104 valence electrons. The van der Waals surface area contributed by atoms with Crippen molar-refractivity contribution in [3.05, 3.63) is 22.5 Å². The molecule has 3 N–H and O–H groups in total. The highest BCUT2D eigenvalue weighted by Gasteiger charge is 2.21. The Labute approximate surface area is 114 Å². The number of allylic oxidation sites excluding steroid dienone is 2. The van der Waals surface area contributed by atoms with Crippen LogP contribution in [-0.2, 0) is 17.9 Å². The fraction of sp³-hybridized carbons (Fsp3) is 0.385. The fourth-order valence-corrected chi connectivity index (χ4v) is 2.51. The third-order valence-corrected chi connectivity index (χ3v) is 3.56. The smallest absolute Gasteiger partial charge is 0.294 e. The van der Waals surface area contributed by atoms with Crippen LogP contribution < -0.4 is 11.3 Å². The summed E-state index contributed by atoms with van der Waals surface area (Å²) in [5.74, 6) is 0.204. The minimum Gasteiger partial charge on any atom is -0.382 e. The Hall–Kier alpha value is -2.44. The molecule has 0 saturated carbocycles. The molecule has 0 bridgehead atoms. The number of rotatable bonds is 1. The lowest BCUT2D eigenvalue weighted by atomic mass is 10.0. The van der Waals surface area contributed by atoms with E-state index in [2.05, 4.69) is 4.99 Å². The largest absolute Gasteiger partial charge is 0.382 e. The molecule has 0 spiro atoms. The highest BCUT2D eigenvalue weighted by atomic mass is 16.1. The second-order valence-electron chi connectivity index (χ2n) is 4.94. The summed E-state index contributed by atoms with van der Waals surface area (Å²) in [5.41, 5.74) is 6.38. The van der Waals surface area contributed by atoms with Crippen molar-refractivity contribution >= 4 is 28.7 Å². The van der Waals surface area contributed by atoms with Crippen molar-refractivity contribution in [1.29, 1.82) is 5.41 Å². The number of hydrogen-bond acceptors (Lipinski definition) is 5. The molecule has 2 aliphatic rings. The summed E-state index contributed by atoms with van der Waals surface area (Å²) in [5, 5.41) is 7.77. The van der Waals surface area contributed by atoms with Gasteiger partial charge in [0.05, 0.1) is 17.8 Å². The molecule has 3 rings (SSSR count). The van der Waals surface area contributed by atoms with Gasteiger partial charge in [-0.3, -0.25) is 14.3 Å². The first-order chi connectivity index (χ1) is 9.58. The maximum atomic E-state index is 12.3. The van der Waals surface area contributed by atoms with Crippen molar-refractivity contribution in [2.24, 2.45) is 4.99 Å². The Morgan fingerprint density at radius 2 is 1.85 bits per heavy atom. The summed E-state index contributed by atoms with van der Waals surface area (Å²) in [4.78, 5) is 27.7. The molecule has 1 aliphatic heterocycles. The van der Waals surface area contributed by atoms with E-state index in [4.69, 9.17) is 11.1 Å². The number of aromatic nitrogens is 2. The molecule has 7 nitrogen and oxygen atoms in total. The Kier molecular flexibility index (Phi) is 2.89. The summed E-state index contributed by atoms with van der Waals surface area (Å²) in [6, 6.07) is 0. The lowest BCUT2D eigenvalue weighted by Gasteiger charge is -2.17. The Morgan fingerprint density at radius 1 is 1.15 bits per heavy atom. The first kappa shape index (κ1) is 12.6. The molecule has 1 aromatic heterocycles. The number of carbonyl (C=O) groups excluding carboxylic acids is 1. The van der Waals surface area contributed by atoms with Crippen LogP contribution in [0.25, 0.3) is 0 Å². The molecule has 0 saturated heterocycles. The number of anilines is 1. The molecule has 2 heterocycles. The van der Waals surface area contributed by atoms with Crippen molar-refractivity contribution in [2.45, 2.75) is 32.4 Å². The summed E-state index contributed by atoms with van der Waals surface area (Å²) in [6.45, 7) is 1.34. The second kappa shape index (κ2) is 4.59. The van der Waals surface area contributed by atoms with Gasteiger partial charge in [-0.2, -0.15) is 0 Å². The van der Waals surface area contributed by atoms with E-state index in [0.29, 0.717) is 24.6 Å². The minimum absolute atomic E-state index is 0.0180. The van der Waals surface area contributed by atoms with E-state index in [-0.39, 0.29) is 29.2 Å². The fourth-order valence-electron chi connectivity index (χ4n) is 2.51. The zero-order valence-corrected chi connectivity index (χ0v) is 10.9. The molecule has 7 heteroatoms. The molecule has 0 atom stereocenters. The SMILES string of the molecule is N=C1CC(=O)C=CC1=Nc1c(N)n2n(c1=O)CCCC2. The molecule has 1 aliphatic carbocycles. The molecule has 0 aromatic carbocycles. The zero-order valence-electron chi connectivity index (χ0n) is 10.9. The topological polar surface area (TPSA) is 106 Å². The molecule has 1 aromatic rings. The van der Waals surface area contributed by atoms with E-state index in [1.807, 2.05) is 0 Å². The Morgan fingerprint density at radius 3 is 2.50 bits per heavy atom. The van der Waals surface area contributed by atoms with Crippen LogP contribution in [-0.4, -0.2) is 26.6 Å². The quantitative estimate of drug-likeness (QED) is 0.784. The van der Waals surface area contributed by atoms with Gasteiger partial charge in [-0.15, -0.1) is 0 Å². The third-order valence-electron chi connectivity index (χ3n) is 3.56. The molecule has 0 fully saturated rings. The van der Waals surface area contributed by atoms with Crippen molar-refractivity contribution in [3.8, 4) is 0 Å². The van der Waals surface area contributed by atoms with Crippen LogP contribution in [0.1, 0.15) is 19.3 Å². The maximum absolute atomic E-state index is 12.3. The van der Waals surface area contributed by atoms with Crippen LogP contribution in [0.5, 0.6) is 0 Å². The minimum atomic E-state index is -0.229. The maximum Gasteiger partial charge on any atom is 0.294 e. The average molecular weight is 273 g/mol. The Balaban J connectivity index is 2.10. The zero-order chi connectivity index (χ0) is 14.3. The van der Waals surface area contributed by atoms with Gasteiger partial charge < -0.3 is 11.1 Å². The Bertz CT molecular complexity index is 720. The van der Waals surface area contributed by atoms with Crippen LogP contribution in [0.15, 0.2) is 21.9 Å². The lowest BCUT2D eigenvalue weighted by Crippen LogP contribution is -2.27. The highest BCUT2D eigenvalue weighted by Crippen LogP contribution is 2.22. The summed E-state index contributed by atoms with van der Waals surface area (Å²) >= 11 is 0.